The molecule has 0 amide bonds. The van der Waals surface area contributed by atoms with E-state index in [0.717, 1.165) is 29.3 Å². The van der Waals surface area contributed by atoms with E-state index in [1.807, 2.05) is 54.6 Å². The Morgan fingerprint density at radius 3 is 2.69 bits per heavy atom. The highest BCUT2D eigenvalue weighted by atomic mass is 35.5. The highest BCUT2D eigenvalue weighted by molar-refractivity contribution is 6.32. The van der Waals surface area contributed by atoms with Crippen LogP contribution in [-0.4, -0.2) is 21.5 Å². The maximum absolute atomic E-state index is 9.54. The summed E-state index contributed by atoms with van der Waals surface area (Å²) in [6.07, 6.45) is 3.84. The zero-order valence-corrected chi connectivity index (χ0v) is 15.2. The molecule has 0 bridgehead atoms. The third kappa shape index (κ3) is 3.48. The molecule has 5 heteroatoms. The summed E-state index contributed by atoms with van der Waals surface area (Å²) in [5.74, 6) is 1.54. The number of halogens is 1. The van der Waals surface area contributed by atoms with Gasteiger partial charge in [-0.2, -0.15) is 5.10 Å². The van der Waals surface area contributed by atoms with E-state index in [0.29, 0.717) is 16.6 Å². The molecule has 0 unspecified atom stereocenters. The van der Waals surface area contributed by atoms with E-state index in [4.69, 9.17) is 16.3 Å². The van der Waals surface area contributed by atoms with Crippen LogP contribution in [-0.2, 0) is 6.61 Å². The van der Waals surface area contributed by atoms with Crippen molar-refractivity contribution in [2.45, 2.75) is 25.9 Å². The lowest BCUT2D eigenvalue weighted by atomic mass is 9.86. The fourth-order valence-electron chi connectivity index (χ4n) is 3.14. The number of hydrogen-bond donors (Lipinski definition) is 1. The van der Waals surface area contributed by atoms with Crippen molar-refractivity contribution >= 4 is 11.6 Å². The van der Waals surface area contributed by atoms with E-state index in [2.05, 4.69) is 5.10 Å². The average molecular weight is 369 g/mol. The van der Waals surface area contributed by atoms with Crippen molar-refractivity contribution in [3.63, 3.8) is 0 Å². The Labute approximate surface area is 158 Å². The van der Waals surface area contributed by atoms with Gasteiger partial charge < -0.3 is 9.84 Å². The predicted octanol–water partition coefficient (Wildman–Crippen LogP) is 4.86. The number of nitrogens with zero attached hydrogens (tertiary/aromatic N) is 2. The van der Waals surface area contributed by atoms with Crippen molar-refractivity contribution < 1.29 is 9.84 Å². The summed E-state index contributed by atoms with van der Waals surface area (Å²) < 4.78 is 7.75. The fourth-order valence-corrected chi connectivity index (χ4v) is 3.35. The topological polar surface area (TPSA) is 47.3 Å². The molecule has 2 aromatic carbocycles. The predicted molar refractivity (Wildman–Crippen MR) is 103 cm³/mol. The summed E-state index contributed by atoms with van der Waals surface area (Å²) >= 11 is 6.36. The van der Waals surface area contributed by atoms with Crippen LogP contribution >= 0.6 is 11.6 Å². The SMILES string of the molecule is OCc1cc(-c2cccc(OCC3CCC3)c2)n(-c2ccccc2Cl)n1. The summed E-state index contributed by atoms with van der Waals surface area (Å²) in [5, 5.41) is 14.7. The maximum Gasteiger partial charge on any atom is 0.119 e. The Bertz CT molecular complexity index is 903. The van der Waals surface area contributed by atoms with Crippen molar-refractivity contribution in [3.8, 4) is 22.7 Å². The molecule has 1 aliphatic carbocycles. The van der Waals surface area contributed by atoms with Gasteiger partial charge in [-0.15, -0.1) is 0 Å². The number of rotatable bonds is 6. The molecule has 1 aliphatic rings. The summed E-state index contributed by atoms with van der Waals surface area (Å²) in [6.45, 7) is 0.650. The molecule has 0 spiro atoms. The molecule has 0 radical (unpaired) electrons. The van der Waals surface area contributed by atoms with Gasteiger partial charge in [-0.05, 0) is 49.1 Å². The molecular weight excluding hydrogens is 348 g/mol. The zero-order valence-electron chi connectivity index (χ0n) is 14.4. The molecule has 1 aromatic heterocycles. The van der Waals surface area contributed by atoms with Gasteiger partial charge in [-0.25, -0.2) is 4.68 Å². The number of aliphatic hydroxyl groups excluding tert-OH is 1. The summed E-state index contributed by atoms with van der Waals surface area (Å²) in [4.78, 5) is 0. The first kappa shape index (κ1) is 17.1. The van der Waals surface area contributed by atoms with Gasteiger partial charge >= 0.3 is 0 Å². The molecule has 4 nitrogen and oxygen atoms in total. The van der Waals surface area contributed by atoms with Gasteiger partial charge in [0.25, 0.3) is 0 Å². The third-order valence-corrected chi connectivity index (χ3v) is 5.16. The van der Waals surface area contributed by atoms with Crippen LogP contribution in [0.2, 0.25) is 5.02 Å². The van der Waals surface area contributed by atoms with Crippen LogP contribution in [0.3, 0.4) is 0 Å². The first-order valence-electron chi connectivity index (χ1n) is 8.92. The number of benzene rings is 2. The lowest BCUT2D eigenvalue weighted by Crippen LogP contribution is -2.19. The summed E-state index contributed by atoms with van der Waals surface area (Å²) in [7, 11) is 0. The number of aliphatic hydroxyl groups is 1. The number of ether oxygens (including phenoxy) is 1. The van der Waals surface area contributed by atoms with E-state index in [-0.39, 0.29) is 6.61 Å². The third-order valence-electron chi connectivity index (χ3n) is 4.84. The second-order valence-electron chi connectivity index (χ2n) is 6.68. The monoisotopic (exact) mass is 368 g/mol. The molecule has 0 aliphatic heterocycles. The Morgan fingerprint density at radius 1 is 1.12 bits per heavy atom. The van der Waals surface area contributed by atoms with Crippen LogP contribution < -0.4 is 4.74 Å². The quantitative estimate of drug-likeness (QED) is 0.675. The van der Waals surface area contributed by atoms with Gasteiger partial charge in [0.15, 0.2) is 0 Å². The molecular formula is C21H21ClN2O2. The van der Waals surface area contributed by atoms with Gasteiger partial charge in [0.1, 0.15) is 5.75 Å². The maximum atomic E-state index is 9.54. The van der Waals surface area contributed by atoms with Gasteiger partial charge in [-0.1, -0.05) is 42.3 Å². The van der Waals surface area contributed by atoms with E-state index in [1.54, 1.807) is 4.68 Å². The van der Waals surface area contributed by atoms with Crippen molar-refractivity contribution in [2.75, 3.05) is 6.61 Å². The molecule has 0 atom stereocenters. The Morgan fingerprint density at radius 2 is 1.96 bits per heavy atom. The van der Waals surface area contributed by atoms with Crippen LogP contribution in [0.1, 0.15) is 25.0 Å². The van der Waals surface area contributed by atoms with Gasteiger partial charge in [0, 0.05) is 5.56 Å². The summed E-state index contributed by atoms with van der Waals surface area (Å²) in [5.41, 5.74) is 3.23. The molecule has 134 valence electrons. The summed E-state index contributed by atoms with van der Waals surface area (Å²) in [6, 6.07) is 17.4. The normalized spacial score (nSPS) is 14.2. The highest BCUT2D eigenvalue weighted by Gasteiger charge is 2.18. The number of para-hydroxylation sites is 1. The lowest BCUT2D eigenvalue weighted by Gasteiger charge is -2.25. The molecule has 4 rings (SSSR count). The first-order valence-corrected chi connectivity index (χ1v) is 9.30. The van der Waals surface area contributed by atoms with Crippen LogP contribution in [0.25, 0.3) is 16.9 Å². The van der Waals surface area contributed by atoms with E-state index >= 15 is 0 Å². The van der Waals surface area contributed by atoms with Crippen molar-refractivity contribution in [1.82, 2.24) is 9.78 Å². The molecule has 1 fully saturated rings. The van der Waals surface area contributed by atoms with Gasteiger partial charge in [0.05, 0.1) is 35.3 Å². The molecule has 1 heterocycles. The minimum atomic E-state index is -0.123. The highest BCUT2D eigenvalue weighted by Crippen LogP contribution is 2.31. The van der Waals surface area contributed by atoms with Crippen molar-refractivity contribution in [2.24, 2.45) is 5.92 Å². The van der Waals surface area contributed by atoms with Crippen LogP contribution in [0.4, 0.5) is 0 Å². The standard InChI is InChI=1S/C21H21ClN2O2/c22-19-9-1-2-10-20(19)24-21(12-17(13-25)23-24)16-7-4-8-18(11-16)26-14-15-5-3-6-15/h1-2,4,7-12,15,25H,3,5-6,13-14H2. The van der Waals surface area contributed by atoms with Crippen molar-refractivity contribution in [1.29, 1.82) is 0 Å². The lowest BCUT2D eigenvalue weighted by molar-refractivity contribution is 0.180. The smallest absolute Gasteiger partial charge is 0.119 e. The Balaban J connectivity index is 1.68. The molecule has 1 saturated carbocycles. The van der Waals surface area contributed by atoms with Gasteiger partial charge in [0.2, 0.25) is 0 Å². The van der Waals surface area contributed by atoms with Crippen LogP contribution in [0.5, 0.6) is 5.75 Å². The Hall–Kier alpha value is -2.30. The van der Waals surface area contributed by atoms with E-state index < -0.39 is 0 Å². The van der Waals surface area contributed by atoms with Crippen LogP contribution in [0.15, 0.2) is 54.6 Å². The largest absolute Gasteiger partial charge is 0.493 e. The minimum absolute atomic E-state index is 0.123. The number of hydrogen-bond acceptors (Lipinski definition) is 3. The average Bonchev–Trinajstić information content (AvgIpc) is 3.05. The molecule has 26 heavy (non-hydrogen) atoms. The van der Waals surface area contributed by atoms with E-state index in [9.17, 15) is 5.11 Å². The molecule has 3 aromatic rings. The minimum Gasteiger partial charge on any atom is -0.493 e. The van der Waals surface area contributed by atoms with E-state index in [1.165, 1.54) is 19.3 Å². The zero-order chi connectivity index (χ0) is 17.9. The fraction of sp³-hybridized carbons (Fsp3) is 0.286. The second-order valence-corrected chi connectivity index (χ2v) is 7.09. The first-order chi connectivity index (χ1) is 12.7. The van der Waals surface area contributed by atoms with Crippen molar-refractivity contribution in [3.05, 3.63) is 65.3 Å². The molecule has 0 saturated heterocycles. The van der Waals surface area contributed by atoms with Gasteiger partial charge in [-0.3, -0.25) is 0 Å². The second kappa shape index (κ2) is 7.52. The Kier molecular flexibility index (Phi) is 4.96. The number of aromatic nitrogens is 2. The van der Waals surface area contributed by atoms with Crippen LogP contribution in [0, 0.1) is 5.92 Å². The molecule has 1 N–H and O–H groups in total.